The summed E-state index contributed by atoms with van der Waals surface area (Å²) in [5, 5.41) is 14.3. The van der Waals surface area contributed by atoms with Crippen LogP contribution in [0.1, 0.15) is 35.1 Å². The Labute approximate surface area is 126 Å². The molecule has 1 saturated carbocycles. The minimum absolute atomic E-state index is 0.0558. The van der Waals surface area contributed by atoms with Crippen LogP contribution in [0.15, 0.2) is 30.7 Å². The SMILES string of the molecule is Cn1ccnc1[C@@H](NC(=O)c1ccn2nnnc2c1)C1CC1. The van der Waals surface area contributed by atoms with Crippen LogP contribution in [-0.2, 0) is 7.05 Å². The average molecular weight is 297 g/mol. The lowest BCUT2D eigenvalue weighted by molar-refractivity contribution is 0.0929. The quantitative estimate of drug-likeness (QED) is 0.767. The maximum absolute atomic E-state index is 12.5. The molecular formula is C14H15N7O. The Hall–Kier alpha value is -2.77. The summed E-state index contributed by atoms with van der Waals surface area (Å²) in [7, 11) is 1.94. The molecular weight excluding hydrogens is 282 g/mol. The zero-order chi connectivity index (χ0) is 15.1. The number of aromatic nitrogens is 6. The van der Waals surface area contributed by atoms with Gasteiger partial charge in [-0.1, -0.05) is 0 Å². The fourth-order valence-corrected chi connectivity index (χ4v) is 2.61. The summed E-state index contributed by atoms with van der Waals surface area (Å²) in [4.78, 5) is 16.9. The molecule has 8 nitrogen and oxygen atoms in total. The average Bonchev–Trinajstić information content (AvgIpc) is 3.10. The second-order valence-electron chi connectivity index (χ2n) is 5.58. The van der Waals surface area contributed by atoms with Gasteiger partial charge in [-0.05, 0) is 41.3 Å². The van der Waals surface area contributed by atoms with Crippen LogP contribution < -0.4 is 5.32 Å². The number of imidazole rings is 1. The van der Waals surface area contributed by atoms with Gasteiger partial charge in [-0.25, -0.2) is 9.50 Å². The highest BCUT2D eigenvalue weighted by Gasteiger charge is 2.35. The van der Waals surface area contributed by atoms with Crippen molar-refractivity contribution in [3.63, 3.8) is 0 Å². The first-order chi connectivity index (χ1) is 10.7. The van der Waals surface area contributed by atoms with Gasteiger partial charge in [0.15, 0.2) is 5.65 Å². The number of carbonyl (C=O) groups excluding carboxylic acids is 1. The van der Waals surface area contributed by atoms with E-state index < -0.39 is 0 Å². The Bertz CT molecular complexity index is 832. The maximum atomic E-state index is 12.5. The summed E-state index contributed by atoms with van der Waals surface area (Å²) in [6, 6.07) is 3.33. The Kier molecular flexibility index (Phi) is 2.88. The molecule has 3 heterocycles. The minimum Gasteiger partial charge on any atom is -0.342 e. The number of fused-ring (bicyclic) bond motifs is 1. The largest absolute Gasteiger partial charge is 0.342 e. The molecule has 0 spiro atoms. The monoisotopic (exact) mass is 297 g/mol. The summed E-state index contributed by atoms with van der Waals surface area (Å²) in [6.45, 7) is 0. The van der Waals surface area contributed by atoms with Crippen LogP contribution in [-0.4, -0.2) is 35.5 Å². The molecule has 0 bridgehead atoms. The number of rotatable bonds is 4. The topological polar surface area (TPSA) is 90.0 Å². The summed E-state index contributed by atoms with van der Waals surface area (Å²) >= 11 is 0. The molecule has 0 aromatic carbocycles. The molecule has 0 aliphatic heterocycles. The van der Waals surface area contributed by atoms with Gasteiger partial charge in [0.25, 0.3) is 5.91 Å². The molecule has 4 rings (SSSR count). The van der Waals surface area contributed by atoms with Crippen LogP contribution in [0, 0.1) is 5.92 Å². The summed E-state index contributed by atoms with van der Waals surface area (Å²) in [5.74, 6) is 1.22. The molecule has 0 unspecified atom stereocenters. The molecule has 1 fully saturated rings. The van der Waals surface area contributed by atoms with E-state index in [-0.39, 0.29) is 11.9 Å². The van der Waals surface area contributed by atoms with Gasteiger partial charge in [-0.15, -0.1) is 5.10 Å². The van der Waals surface area contributed by atoms with Gasteiger partial charge in [0.05, 0.1) is 6.04 Å². The number of amides is 1. The lowest BCUT2D eigenvalue weighted by Gasteiger charge is -2.18. The lowest BCUT2D eigenvalue weighted by Crippen LogP contribution is -2.31. The Morgan fingerprint density at radius 2 is 2.27 bits per heavy atom. The van der Waals surface area contributed by atoms with E-state index in [1.54, 1.807) is 24.5 Å². The zero-order valence-electron chi connectivity index (χ0n) is 12.0. The van der Waals surface area contributed by atoms with Gasteiger partial charge in [0.2, 0.25) is 0 Å². The van der Waals surface area contributed by atoms with E-state index in [2.05, 4.69) is 25.8 Å². The smallest absolute Gasteiger partial charge is 0.252 e. The third-order valence-electron chi connectivity index (χ3n) is 3.98. The van der Waals surface area contributed by atoms with Gasteiger partial charge >= 0.3 is 0 Å². The Morgan fingerprint density at radius 3 is 3.00 bits per heavy atom. The number of nitrogens with zero attached hydrogens (tertiary/aromatic N) is 6. The van der Waals surface area contributed by atoms with E-state index >= 15 is 0 Å². The van der Waals surface area contributed by atoms with Crippen molar-refractivity contribution < 1.29 is 4.79 Å². The molecule has 1 aliphatic carbocycles. The van der Waals surface area contributed by atoms with E-state index in [1.165, 1.54) is 4.52 Å². The molecule has 1 N–H and O–H groups in total. The van der Waals surface area contributed by atoms with Gasteiger partial charge < -0.3 is 9.88 Å². The number of pyridine rings is 1. The van der Waals surface area contributed by atoms with Crippen molar-refractivity contribution in [3.8, 4) is 0 Å². The third kappa shape index (κ3) is 2.22. The van der Waals surface area contributed by atoms with Crippen molar-refractivity contribution in [2.45, 2.75) is 18.9 Å². The number of hydrogen-bond donors (Lipinski definition) is 1. The molecule has 1 atom stereocenters. The standard InChI is InChI=1S/C14H15N7O/c1-20-7-5-15-13(20)12(9-2-3-9)16-14(22)10-4-6-21-11(8-10)17-18-19-21/h4-9,12H,2-3H2,1H3,(H,16,22)/t12-/m0/s1. The molecule has 3 aromatic rings. The van der Waals surface area contributed by atoms with Crippen molar-refractivity contribution in [1.29, 1.82) is 0 Å². The van der Waals surface area contributed by atoms with Crippen molar-refractivity contribution in [2.24, 2.45) is 13.0 Å². The van der Waals surface area contributed by atoms with E-state index in [1.807, 2.05) is 17.8 Å². The van der Waals surface area contributed by atoms with Gasteiger partial charge in [0, 0.05) is 31.2 Å². The van der Waals surface area contributed by atoms with Gasteiger partial charge in [0.1, 0.15) is 5.82 Å². The van der Waals surface area contributed by atoms with Crippen molar-refractivity contribution in [1.82, 2.24) is 34.9 Å². The Morgan fingerprint density at radius 1 is 1.41 bits per heavy atom. The minimum atomic E-state index is -0.134. The first-order valence-electron chi connectivity index (χ1n) is 7.18. The number of carbonyl (C=O) groups is 1. The molecule has 112 valence electrons. The van der Waals surface area contributed by atoms with Crippen LogP contribution in [0.5, 0.6) is 0 Å². The maximum Gasteiger partial charge on any atom is 0.252 e. The third-order valence-corrected chi connectivity index (χ3v) is 3.98. The zero-order valence-corrected chi connectivity index (χ0v) is 12.0. The van der Waals surface area contributed by atoms with Crippen molar-refractivity contribution in [3.05, 3.63) is 42.1 Å². The predicted molar refractivity (Wildman–Crippen MR) is 76.9 cm³/mol. The highest BCUT2D eigenvalue weighted by Crippen LogP contribution is 2.40. The molecule has 1 aliphatic rings. The highest BCUT2D eigenvalue weighted by molar-refractivity contribution is 5.95. The van der Waals surface area contributed by atoms with Gasteiger partial charge in [-0.3, -0.25) is 4.79 Å². The number of nitrogens with one attached hydrogen (secondary N) is 1. The van der Waals surface area contributed by atoms with E-state index in [0.29, 0.717) is 17.1 Å². The fraction of sp³-hybridized carbons (Fsp3) is 0.357. The van der Waals surface area contributed by atoms with Crippen LogP contribution >= 0.6 is 0 Å². The van der Waals surface area contributed by atoms with Crippen molar-refractivity contribution in [2.75, 3.05) is 0 Å². The second kappa shape index (κ2) is 4.90. The van der Waals surface area contributed by atoms with Crippen LogP contribution in [0.2, 0.25) is 0 Å². The molecule has 3 aromatic heterocycles. The molecule has 1 amide bonds. The Balaban J connectivity index is 1.60. The van der Waals surface area contributed by atoms with E-state index in [4.69, 9.17) is 0 Å². The first-order valence-corrected chi connectivity index (χ1v) is 7.18. The molecule has 0 saturated heterocycles. The van der Waals surface area contributed by atoms with E-state index in [9.17, 15) is 4.79 Å². The number of aryl methyl sites for hydroxylation is 1. The highest BCUT2D eigenvalue weighted by atomic mass is 16.1. The van der Waals surface area contributed by atoms with Crippen LogP contribution in [0.4, 0.5) is 0 Å². The number of tetrazole rings is 1. The fourth-order valence-electron chi connectivity index (χ4n) is 2.61. The number of hydrogen-bond acceptors (Lipinski definition) is 5. The van der Waals surface area contributed by atoms with Crippen LogP contribution in [0.25, 0.3) is 5.65 Å². The normalized spacial score (nSPS) is 15.9. The second-order valence-corrected chi connectivity index (χ2v) is 5.58. The van der Waals surface area contributed by atoms with Crippen LogP contribution in [0.3, 0.4) is 0 Å². The summed E-state index contributed by atoms with van der Waals surface area (Å²) in [5.41, 5.74) is 1.09. The van der Waals surface area contributed by atoms with Gasteiger partial charge in [-0.2, -0.15) is 0 Å². The lowest BCUT2D eigenvalue weighted by atomic mass is 10.1. The van der Waals surface area contributed by atoms with E-state index in [0.717, 1.165) is 18.7 Å². The molecule has 22 heavy (non-hydrogen) atoms. The van der Waals surface area contributed by atoms with Crippen molar-refractivity contribution >= 4 is 11.6 Å². The summed E-state index contributed by atoms with van der Waals surface area (Å²) in [6.07, 6.45) is 7.56. The predicted octanol–water partition coefficient (Wildman–Crippen LogP) is 0.739. The molecule has 0 radical (unpaired) electrons. The summed E-state index contributed by atoms with van der Waals surface area (Å²) < 4.78 is 3.48. The molecule has 8 heteroatoms. The first kappa shape index (κ1) is 12.9.